The summed E-state index contributed by atoms with van der Waals surface area (Å²) in [5.74, 6) is 2.12. The van der Waals surface area contributed by atoms with E-state index in [9.17, 15) is 9.59 Å². The fraction of sp³-hybridized carbons (Fsp3) is 0.594. The van der Waals surface area contributed by atoms with Gasteiger partial charge in [0, 0.05) is 37.1 Å². The Balaban J connectivity index is 1.24. The summed E-state index contributed by atoms with van der Waals surface area (Å²) in [6, 6.07) is 8.50. The molecule has 1 aromatic carbocycles. The van der Waals surface area contributed by atoms with Gasteiger partial charge in [-0.05, 0) is 100 Å². The third-order valence-corrected chi connectivity index (χ3v) is 8.96. The first-order valence-corrected chi connectivity index (χ1v) is 15.0. The lowest BCUT2D eigenvalue weighted by Crippen LogP contribution is -2.23. The third kappa shape index (κ3) is 6.29. The van der Waals surface area contributed by atoms with Gasteiger partial charge in [-0.25, -0.2) is 4.98 Å². The highest BCUT2D eigenvalue weighted by atomic mass is 16.5. The number of aryl methyl sites for hydroxylation is 2. The van der Waals surface area contributed by atoms with E-state index in [0.717, 1.165) is 87.1 Å². The number of esters is 1. The van der Waals surface area contributed by atoms with E-state index in [1.54, 1.807) is 6.20 Å². The van der Waals surface area contributed by atoms with Gasteiger partial charge >= 0.3 is 5.97 Å². The van der Waals surface area contributed by atoms with Crippen LogP contribution < -0.4 is 5.56 Å². The van der Waals surface area contributed by atoms with Crippen LogP contribution in [0.5, 0.6) is 0 Å². The van der Waals surface area contributed by atoms with E-state index in [4.69, 9.17) is 14.5 Å². The third-order valence-electron chi connectivity index (χ3n) is 8.96. The highest BCUT2D eigenvalue weighted by molar-refractivity contribution is 5.81. The molecule has 7 nitrogen and oxygen atoms in total. The lowest BCUT2D eigenvalue weighted by molar-refractivity contribution is -0.154. The predicted molar refractivity (Wildman–Crippen MR) is 152 cm³/mol. The topological polar surface area (TPSA) is 86.2 Å². The SMILES string of the molecule is Cc1cc(-c2nc3cc(CC[C@H](CC4CC4)C(=O)OC4CCCC4)ccc3n2CC2CCOCC2)c[nH]c1=O. The largest absolute Gasteiger partial charge is 0.462 e. The Bertz CT molecular complexity index is 1360. The summed E-state index contributed by atoms with van der Waals surface area (Å²) in [5, 5.41) is 0. The first-order valence-electron chi connectivity index (χ1n) is 15.0. The fourth-order valence-corrected chi connectivity index (χ4v) is 6.35. The minimum atomic E-state index is -0.0691. The van der Waals surface area contributed by atoms with Crippen molar-refractivity contribution in [3.63, 3.8) is 0 Å². The van der Waals surface area contributed by atoms with Gasteiger partial charge in [0.15, 0.2) is 0 Å². The molecule has 3 aromatic rings. The second kappa shape index (κ2) is 11.7. The molecule has 3 heterocycles. The van der Waals surface area contributed by atoms with Crippen LogP contribution in [0.2, 0.25) is 0 Å². The van der Waals surface area contributed by atoms with Crippen molar-refractivity contribution < 1.29 is 14.3 Å². The van der Waals surface area contributed by atoms with Gasteiger partial charge < -0.3 is 19.0 Å². The lowest BCUT2D eigenvalue weighted by Gasteiger charge is -2.23. The molecule has 0 amide bonds. The van der Waals surface area contributed by atoms with Crippen LogP contribution >= 0.6 is 0 Å². The summed E-state index contributed by atoms with van der Waals surface area (Å²) in [6.07, 6.45) is 13.5. The average molecular weight is 532 g/mol. The number of aromatic nitrogens is 3. The Labute approximate surface area is 230 Å². The van der Waals surface area contributed by atoms with Crippen molar-refractivity contribution in [2.24, 2.45) is 17.8 Å². The molecule has 0 spiro atoms. The molecular formula is C32H41N3O4. The minimum absolute atomic E-state index is 0.0143. The maximum atomic E-state index is 13.1. The van der Waals surface area contributed by atoms with Crippen molar-refractivity contribution in [1.82, 2.24) is 14.5 Å². The molecule has 1 aliphatic heterocycles. The van der Waals surface area contributed by atoms with Gasteiger partial charge in [-0.1, -0.05) is 18.9 Å². The molecule has 2 aromatic heterocycles. The smallest absolute Gasteiger partial charge is 0.309 e. The van der Waals surface area contributed by atoms with E-state index in [0.29, 0.717) is 17.4 Å². The maximum Gasteiger partial charge on any atom is 0.309 e. The molecule has 1 atom stereocenters. The highest BCUT2D eigenvalue weighted by Gasteiger charge is 2.32. The molecule has 3 aliphatic rings. The number of benzene rings is 1. The van der Waals surface area contributed by atoms with Gasteiger partial charge in [-0.3, -0.25) is 9.59 Å². The van der Waals surface area contributed by atoms with Crippen LogP contribution in [0.4, 0.5) is 0 Å². The van der Waals surface area contributed by atoms with Gasteiger partial charge in [-0.2, -0.15) is 0 Å². The molecular weight excluding hydrogens is 490 g/mol. The van der Waals surface area contributed by atoms with Crippen molar-refractivity contribution in [1.29, 1.82) is 0 Å². The Morgan fingerprint density at radius 3 is 2.64 bits per heavy atom. The molecule has 1 N–H and O–H groups in total. The first-order chi connectivity index (χ1) is 19.0. The Morgan fingerprint density at radius 2 is 1.90 bits per heavy atom. The molecule has 3 fully saturated rings. The van der Waals surface area contributed by atoms with Crippen LogP contribution in [0.3, 0.4) is 0 Å². The van der Waals surface area contributed by atoms with Crippen LogP contribution in [-0.4, -0.2) is 39.8 Å². The van der Waals surface area contributed by atoms with E-state index in [1.165, 1.54) is 31.2 Å². The lowest BCUT2D eigenvalue weighted by atomic mass is 9.94. The number of fused-ring (bicyclic) bond motifs is 1. The molecule has 0 radical (unpaired) electrons. The number of hydrogen-bond donors (Lipinski definition) is 1. The molecule has 2 saturated carbocycles. The molecule has 6 rings (SSSR count). The fourth-order valence-electron chi connectivity index (χ4n) is 6.35. The molecule has 7 heteroatoms. The van der Waals surface area contributed by atoms with Crippen molar-refractivity contribution in [3.05, 3.63) is 51.9 Å². The molecule has 208 valence electrons. The Kier molecular flexibility index (Phi) is 7.87. The van der Waals surface area contributed by atoms with E-state index in [-0.39, 0.29) is 23.6 Å². The number of H-pyrrole nitrogens is 1. The minimum Gasteiger partial charge on any atom is -0.462 e. The van der Waals surface area contributed by atoms with Gasteiger partial charge in [0.2, 0.25) is 0 Å². The zero-order valence-electron chi connectivity index (χ0n) is 23.1. The van der Waals surface area contributed by atoms with Crippen molar-refractivity contribution in [2.75, 3.05) is 13.2 Å². The van der Waals surface area contributed by atoms with Gasteiger partial charge in [-0.15, -0.1) is 0 Å². The standard InChI is InChI=1S/C32H41N3O4/c1-21-16-26(19-33-31(21)36)30-34-28-18-23(9-11-29(28)35(30)20-24-12-14-38-15-13-24)8-10-25(17-22-6-7-22)32(37)39-27-4-2-3-5-27/h9,11,16,18-19,22,24-25,27H,2-8,10,12-15,17,20H2,1H3,(H,33,36)/t25-/m1/s1. The Morgan fingerprint density at radius 1 is 1.10 bits per heavy atom. The Hall–Kier alpha value is -2.93. The molecule has 0 unspecified atom stereocenters. The number of nitrogens with one attached hydrogen (secondary N) is 1. The highest BCUT2D eigenvalue weighted by Crippen LogP contribution is 2.38. The monoisotopic (exact) mass is 531 g/mol. The summed E-state index contributed by atoms with van der Waals surface area (Å²) in [4.78, 5) is 33.1. The second-order valence-corrected chi connectivity index (χ2v) is 12.1. The number of carbonyl (C=O) groups excluding carboxylic acids is 1. The number of rotatable bonds is 10. The van der Waals surface area contributed by atoms with E-state index in [1.807, 2.05) is 13.0 Å². The normalized spacial score (nSPS) is 19.5. The van der Waals surface area contributed by atoms with E-state index < -0.39 is 0 Å². The van der Waals surface area contributed by atoms with Crippen LogP contribution in [0.15, 0.2) is 35.3 Å². The summed E-state index contributed by atoms with van der Waals surface area (Å²) < 4.78 is 13.8. The van der Waals surface area contributed by atoms with E-state index in [2.05, 4.69) is 27.8 Å². The van der Waals surface area contributed by atoms with Crippen LogP contribution in [0.25, 0.3) is 22.4 Å². The van der Waals surface area contributed by atoms with Crippen LogP contribution in [0, 0.1) is 24.7 Å². The molecule has 0 bridgehead atoms. The number of carbonyl (C=O) groups is 1. The zero-order chi connectivity index (χ0) is 26.8. The second-order valence-electron chi connectivity index (χ2n) is 12.1. The number of hydrogen-bond acceptors (Lipinski definition) is 5. The zero-order valence-corrected chi connectivity index (χ0v) is 23.1. The van der Waals surface area contributed by atoms with Crippen molar-refractivity contribution in [3.8, 4) is 11.4 Å². The molecule has 1 saturated heterocycles. The van der Waals surface area contributed by atoms with Gasteiger partial charge in [0.1, 0.15) is 11.9 Å². The summed E-state index contributed by atoms with van der Waals surface area (Å²) >= 11 is 0. The van der Waals surface area contributed by atoms with Crippen molar-refractivity contribution >= 4 is 17.0 Å². The molecule has 39 heavy (non-hydrogen) atoms. The summed E-state index contributed by atoms with van der Waals surface area (Å²) in [5.41, 5.74) is 4.82. The average Bonchev–Trinajstić information content (AvgIpc) is 3.49. The van der Waals surface area contributed by atoms with Gasteiger partial charge in [0.25, 0.3) is 5.56 Å². The number of pyridine rings is 1. The van der Waals surface area contributed by atoms with Crippen molar-refractivity contribution in [2.45, 2.75) is 90.2 Å². The van der Waals surface area contributed by atoms with Crippen LogP contribution in [0.1, 0.15) is 75.3 Å². The van der Waals surface area contributed by atoms with Crippen LogP contribution in [-0.2, 0) is 27.2 Å². The maximum absolute atomic E-state index is 13.1. The number of nitrogens with zero attached hydrogens (tertiary/aromatic N) is 2. The quantitative estimate of drug-likeness (QED) is 0.326. The summed E-state index contributed by atoms with van der Waals surface area (Å²) in [6.45, 7) is 4.32. The molecule has 2 aliphatic carbocycles. The van der Waals surface area contributed by atoms with Gasteiger partial charge in [0.05, 0.1) is 17.0 Å². The number of ether oxygens (including phenoxy) is 2. The number of imidazole rings is 1. The predicted octanol–water partition coefficient (Wildman–Crippen LogP) is 5.96. The number of aromatic amines is 1. The van der Waals surface area contributed by atoms with E-state index >= 15 is 0 Å². The summed E-state index contributed by atoms with van der Waals surface area (Å²) in [7, 11) is 0. The first kappa shape index (κ1) is 26.3.